The predicted molar refractivity (Wildman–Crippen MR) is 269 cm³/mol. The lowest BCUT2D eigenvalue weighted by atomic mass is 9.84. The second kappa shape index (κ2) is 26.1. The Bertz CT molecular complexity index is 1980. The quantitative estimate of drug-likeness (QED) is 0.0844. The fraction of sp³-hybridized carbons (Fsp3) is 0.852. The van der Waals surface area contributed by atoms with Gasteiger partial charge in [0.05, 0.1) is 60.9 Å². The second-order valence-corrected chi connectivity index (χ2v) is 23.7. The first kappa shape index (κ1) is 67.6. The van der Waals surface area contributed by atoms with Crippen molar-refractivity contribution in [2.75, 3.05) is 54.9 Å². The summed E-state index contributed by atoms with van der Waals surface area (Å²) in [6, 6.07) is 0. The molecule has 0 spiro atoms. The van der Waals surface area contributed by atoms with Gasteiger partial charge in [0.25, 0.3) is 0 Å². The Hall–Kier alpha value is -4.40. The molecule has 0 radical (unpaired) electrons. The Morgan fingerprint density at radius 1 is 0.527 bits per heavy atom. The third kappa shape index (κ3) is 17.6. The summed E-state index contributed by atoms with van der Waals surface area (Å²) in [4.78, 5) is 94.9. The third-order valence-corrected chi connectivity index (χ3v) is 14.7. The van der Waals surface area contributed by atoms with Crippen molar-refractivity contribution in [1.82, 2.24) is 0 Å². The molecule has 20 nitrogen and oxygen atoms in total. The van der Waals surface area contributed by atoms with E-state index in [-0.39, 0.29) is 68.5 Å². The van der Waals surface area contributed by atoms with Crippen LogP contribution in [0, 0.1) is 21.7 Å². The summed E-state index contributed by atoms with van der Waals surface area (Å²) in [7, 11) is 6.13. The molecule has 0 aliphatic carbocycles. The van der Waals surface area contributed by atoms with E-state index in [9.17, 15) is 38.4 Å². The van der Waals surface area contributed by atoms with Gasteiger partial charge in [0, 0.05) is 41.3 Å². The Balaban J connectivity index is 0.000000493. The van der Waals surface area contributed by atoms with Gasteiger partial charge in [-0.1, -0.05) is 27.7 Å². The number of ether oxygens (including phenoxy) is 12. The highest BCUT2D eigenvalue weighted by molar-refractivity contribution is 5.87. The standard InChI is InChI=1S/2C14H24O5.2C13H22O5/c1-7-12(2,3)10(15)19-14(5)8-13(4,9-17-6)18-11(14)16;1-7-12(2,3)11(16)19-13(4)8-10(15)18-14(13,5)9-17-6;1-6-12(2,3)11(15)17-9-7-13(4,8-16-5)18-10(9)14;1-6-12(2,3)11(15)17-9-7-10(14)18-13(9,4)8-16-5/h2*7-9H2,1-6H3;2*9H,6-8H2,1-5H3. The molecule has 4 saturated heterocycles. The second-order valence-electron chi connectivity index (χ2n) is 23.7. The van der Waals surface area contributed by atoms with Gasteiger partial charge in [-0.2, -0.15) is 0 Å². The molecule has 0 aromatic heterocycles. The minimum Gasteiger partial charge on any atom is -0.457 e. The fourth-order valence-corrected chi connectivity index (χ4v) is 7.54. The number of hydrogen-bond acceptors (Lipinski definition) is 20. The van der Waals surface area contributed by atoms with Gasteiger partial charge in [0.2, 0.25) is 11.7 Å². The molecule has 4 fully saturated rings. The van der Waals surface area contributed by atoms with Gasteiger partial charge in [-0.25, -0.2) is 9.59 Å². The summed E-state index contributed by atoms with van der Waals surface area (Å²) in [5.41, 5.74) is -7.82. The van der Waals surface area contributed by atoms with Crippen molar-refractivity contribution in [3.05, 3.63) is 0 Å². The van der Waals surface area contributed by atoms with Crippen LogP contribution in [0.25, 0.3) is 0 Å². The van der Waals surface area contributed by atoms with Crippen molar-refractivity contribution < 1.29 is 95.2 Å². The van der Waals surface area contributed by atoms with E-state index in [4.69, 9.17) is 56.8 Å². The van der Waals surface area contributed by atoms with Crippen LogP contribution < -0.4 is 0 Å². The lowest BCUT2D eigenvalue weighted by Gasteiger charge is -2.38. The highest BCUT2D eigenvalue weighted by Crippen LogP contribution is 2.42. The van der Waals surface area contributed by atoms with E-state index >= 15 is 0 Å². The Kier molecular flexibility index (Phi) is 23.8. The van der Waals surface area contributed by atoms with Crippen LogP contribution in [0.4, 0.5) is 0 Å². The van der Waals surface area contributed by atoms with Crippen LogP contribution in [0.1, 0.15) is 176 Å². The number of rotatable bonds is 20. The van der Waals surface area contributed by atoms with E-state index in [2.05, 4.69) is 0 Å². The zero-order valence-electron chi connectivity index (χ0n) is 48.8. The first-order valence-electron chi connectivity index (χ1n) is 25.4. The van der Waals surface area contributed by atoms with Crippen LogP contribution in [0.5, 0.6) is 0 Å². The van der Waals surface area contributed by atoms with Crippen LogP contribution in [0.2, 0.25) is 0 Å². The average Bonchev–Trinajstić information content (AvgIpc) is 3.89. The molecule has 8 unspecified atom stereocenters. The van der Waals surface area contributed by atoms with Crippen molar-refractivity contribution in [3.63, 3.8) is 0 Å². The van der Waals surface area contributed by atoms with Crippen molar-refractivity contribution in [2.24, 2.45) is 21.7 Å². The fourth-order valence-electron chi connectivity index (χ4n) is 7.54. The smallest absolute Gasteiger partial charge is 0.351 e. The lowest BCUT2D eigenvalue weighted by molar-refractivity contribution is -0.194. The maximum absolute atomic E-state index is 12.2. The minimum absolute atomic E-state index is 0.0540. The number of carbonyl (C=O) groups excluding carboxylic acids is 8. The molecule has 4 rings (SSSR count). The van der Waals surface area contributed by atoms with Gasteiger partial charge in [0.1, 0.15) is 11.2 Å². The summed E-state index contributed by atoms with van der Waals surface area (Å²) in [5, 5.41) is 0. The van der Waals surface area contributed by atoms with Gasteiger partial charge >= 0.3 is 47.8 Å². The molecule has 4 aliphatic rings. The van der Waals surface area contributed by atoms with Crippen molar-refractivity contribution in [1.29, 1.82) is 0 Å². The molecule has 0 aromatic carbocycles. The Labute approximate surface area is 440 Å². The predicted octanol–water partition coefficient (Wildman–Crippen LogP) is 7.53. The van der Waals surface area contributed by atoms with E-state index in [0.717, 1.165) is 0 Å². The topological polar surface area (TPSA) is 247 Å². The van der Waals surface area contributed by atoms with Crippen LogP contribution in [0.3, 0.4) is 0 Å². The van der Waals surface area contributed by atoms with Gasteiger partial charge in [-0.05, 0) is 123 Å². The SMILES string of the molecule is CCC(C)(C)C(=O)OC1(C)CC(=O)OC1(C)COC.CCC(C)(C)C(=O)OC1(C)CC(C)(COC)OC1=O.CCC(C)(C)C(=O)OC1CC(=O)OC1(C)COC.CCC(C)(C)C(=O)OC1CC(C)(COC)OC1=O. The molecular formula is C54H92O20. The summed E-state index contributed by atoms with van der Waals surface area (Å²) in [6.07, 6.45) is 2.03. The third-order valence-electron chi connectivity index (χ3n) is 14.7. The van der Waals surface area contributed by atoms with E-state index in [1.54, 1.807) is 83.5 Å². The molecule has 0 bridgehead atoms. The largest absolute Gasteiger partial charge is 0.457 e. The van der Waals surface area contributed by atoms with E-state index < -0.39 is 79.4 Å². The molecule has 0 N–H and O–H groups in total. The molecule has 74 heavy (non-hydrogen) atoms. The van der Waals surface area contributed by atoms with E-state index in [0.29, 0.717) is 45.1 Å². The first-order chi connectivity index (χ1) is 33.7. The van der Waals surface area contributed by atoms with Crippen LogP contribution in [-0.2, 0) is 95.2 Å². The highest BCUT2D eigenvalue weighted by atomic mass is 16.7. The molecule has 428 valence electrons. The summed E-state index contributed by atoms with van der Waals surface area (Å²) >= 11 is 0. The van der Waals surface area contributed by atoms with Crippen molar-refractivity contribution in [2.45, 2.75) is 222 Å². The monoisotopic (exact) mass is 1060 g/mol. The van der Waals surface area contributed by atoms with Gasteiger partial charge in [-0.3, -0.25) is 28.8 Å². The molecule has 4 heterocycles. The van der Waals surface area contributed by atoms with Crippen molar-refractivity contribution >= 4 is 47.8 Å². The Morgan fingerprint density at radius 2 is 0.959 bits per heavy atom. The van der Waals surface area contributed by atoms with Gasteiger partial charge < -0.3 is 56.8 Å². The zero-order chi connectivity index (χ0) is 57.7. The molecular weight excluding hydrogens is 969 g/mol. The van der Waals surface area contributed by atoms with Crippen LogP contribution in [0.15, 0.2) is 0 Å². The maximum atomic E-state index is 12.2. The number of cyclic esters (lactones) is 4. The average molecular weight is 1060 g/mol. The van der Waals surface area contributed by atoms with Crippen LogP contribution in [-0.4, -0.2) is 148 Å². The Morgan fingerprint density at radius 3 is 1.42 bits per heavy atom. The van der Waals surface area contributed by atoms with Crippen LogP contribution >= 0.6 is 0 Å². The highest BCUT2D eigenvalue weighted by Gasteiger charge is 2.59. The number of hydrogen-bond donors (Lipinski definition) is 0. The summed E-state index contributed by atoms with van der Waals surface area (Å²) in [5.74, 6) is -3.11. The summed E-state index contributed by atoms with van der Waals surface area (Å²) in [6.45, 7) is 33.4. The number of methoxy groups -OCH3 is 4. The molecule has 20 heteroatoms. The number of carbonyl (C=O) groups is 8. The maximum Gasteiger partial charge on any atom is 0.351 e. The number of esters is 8. The minimum atomic E-state index is -1.23. The summed E-state index contributed by atoms with van der Waals surface area (Å²) < 4.78 is 63.0. The molecule has 0 amide bonds. The van der Waals surface area contributed by atoms with Crippen molar-refractivity contribution in [3.8, 4) is 0 Å². The van der Waals surface area contributed by atoms with Gasteiger partial charge in [0.15, 0.2) is 22.9 Å². The normalized spacial score (nSPS) is 29.6. The lowest BCUT2D eigenvalue weighted by Crippen LogP contribution is -2.53. The zero-order valence-corrected chi connectivity index (χ0v) is 48.8. The first-order valence-corrected chi connectivity index (χ1v) is 25.4. The molecule has 0 aromatic rings. The van der Waals surface area contributed by atoms with E-state index in [1.807, 2.05) is 55.4 Å². The molecule has 8 atom stereocenters. The molecule has 0 saturated carbocycles. The van der Waals surface area contributed by atoms with Gasteiger partial charge in [-0.15, -0.1) is 0 Å². The van der Waals surface area contributed by atoms with E-state index in [1.165, 1.54) is 14.2 Å². The molecule has 4 aliphatic heterocycles.